The first-order valence-electron chi connectivity index (χ1n) is 9.77. The van der Waals surface area contributed by atoms with Crippen LogP contribution in [0.15, 0.2) is 0 Å². The van der Waals surface area contributed by atoms with Crippen molar-refractivity contribution in [3.63, 3.8) is 0 Å². The van der Waals surface area contributed by atoms with Gasteiger partial charge in [-0.3, -0.25) is 19.2 Å². The van der Waals surface area contributed by atoms with Crippen LogP contribution in [-0.2, 0) is 24.0 Å². The van der Waals surface area contributed by atoms with E-state index in [1.807, 2.05) is 0 Å². The number of unbranched alkanes of at least 4 members (excludes halogenated alkanes) is 1. The lowest BCUT2D eigenvalue weighted by Crippen LogP contribution is -2.55. The van der Waals surface area contributed by atoms with Gasteiger partial charge in [0.05, 0.1) is 12.6 Å². The maximum atomic E-state index is 12.5. The number of nitrogens with one attached hydrogen (secondary N) is 3. The molecule has 0 aromatic rings. The summed E-state index contributed by atoms with van der Waals surface area (Å²) in [7, 11) is 0. The largest absolute Gasteiger partial charge is 0.481 e. The van der Waals surface area contributed by atoms with E-state index in [2.05, 4.69) is 16.0 Å². The first kappa shape index (κ1) is 27.3. The summed E-state index contributed by atoms with van der Waals surface area (Å²) in [6.45, 7) is 3.30. The van der Waals surface area contributed by atoms with Crippen LogP contribution in [0.25, 0.3) is 0 Å². The highest BCUT2D eigenvalue weighted by atomic mass is 16.4. The van der Waals surface area contributed by atoms with E-state index in [-0.39, 0.29) is 25.2 Å². The second kappa shape index (κ2) is 14.3. The van der Waals surface area contributed by atoms with E-state index >= 15 is 0 Å². The van der Waals surface area contributed by atoms with Gasteiger partial charge in [-0.05, 0) is 38.1 Å². The maximum absolute atomic E-state index is 12.5. The van der Waals surface area contributed by atoms with E-state index < -0.39 is 54.3 Å². The minimum Gasteiger partial charge on any atom is -0.481 e. The molecule has 0 spiro atoms. The van der Waals surface area contributed by atoms with Gasteiger partial charge in [0, 0.05) is 6.42 Å². The second-order valence-corrected chi connectivity index (χ2v) is 7.23. The van der Waals surface area contributed by atoms with Crippen LogP contribution in [0, 0.1) is 5.92 Å². The molecule has 12 heteroatoms. The lowest BCUT2D eigenvalue weighted by atomic mass is 10.0. The molecule has 0 aliphatic heterocycles. The number of aliphatic carboxylic acids is 2. The van der Waals surface area contributed by atoms with Gasteiger partial charge in [-0.1, -0.05) is 13.8 Å². The molecule has 0 saturated heterocycles. The predicted molar refractivity (Wildman–Crippen MR) is 107 cm³/mol. The van der Waals surface area contributed by atoms with Crippen molar-refractivity contribution in [3.8, 4) is 0 Å². The molecule has 0 heterocycles. The SMILES string of the molecule is CC(C)C(NC(=O)CNC(=O)C(N)CCC(=O)O)C(=O)NC(CCCCN)C(=O)O. The van der Waals surface area contributed by atoms with Crippen molar-refractivity contribution < 1.29 is 34.2 Å². The van der Waals surface area contributed by atoms with E-state index in [0.29, 0.717) is 19.4 Å². The molecule has 0 aromatic heterocycles. The van der Waals surface area contributed by atoms with Crippen molar-refractivity contribution in [1.29, 1.82) is 0 Å². The van der Waals surface area contributed by atoms with Gasteiger partial charge in [-0.25, -0.2) is 4.79 Å². The van der Waals surface area contributed by atoms with Crippen LogP contribution in [-0.4, -0.2) is 71.1 Å². The highest BCUT2D eigenvalue weighted by Gasteiger charge is 2.28. The molecule has 0 radical (unpaired) electrons. The lowest BCUT2D eigenvalue weighted by molar-refractivity contribution is -0.142. The molecule has 0 rings (SSSR count). The molecule has 30 heavy (non-hydrogen) atoms. The zero-order valence-electron chi connectivity index (χ0n) is 17.3. The van der Waals surface area contributed by atoms with E-state index in [9.17, 15) is 29.1 Å². The molecule has 0 aliphatic rings. The Hall–Kier alpha value is -2.73. The zero-order chi connectivity index (χ0) is 23.3. The summed E-state index contributed by atoms with van der Waals surface area (Å²) in [5.41, 5.74) is 10.9. The van der Waals surface area contributed by atoms with Gasteiger partial charge < -0.3 is 37.6 Å². The van der Waals surface area contributed by atoms with Crippen molar-refractivity contribution in [2.24, 2.45) is 17.4 Å². The molecule has 0 bridgehead atoms. The van der Waals surface area contributed by atoms with Crippen LogP contribution in [0.5, 0.6) is 0 Å². The van der Waals surface area contributed by atoms with E-state index in [1.54, 1.807) is 13.8 Å². The average molecular weight is 431 g/mol. The first-order chi connectivity index (χ1) is 14.0. The summed E-state index contributed by atoms with van der Waals surface area (Å²) in [5, 5.41) is 25.0. The fraction of sp³-hybridized carbons (Fsp3) is 0.722. The zero-order valence-corrected chi connectivity index (χ0v) is 17.3. The Balaban J connectivity index is 4.72. The Morgan fingerprint density at radius 3 is 2.07 bits per heavy atom. The monoisotopic (exact) mass is 431 g/mol. The summed E-state index contributed by atoms with van der Waals surface area (Å²) < 4.78 is 0. The standard InChI is InChI=1S/C18H33N5O7/c1-10(2)15(17(28)22-12(18(29)30)5-3-4-8-19)23-13(24)9-21-16(27)11(20)6-7-14(25)26/h10-12,15H,3-9,19-20H2,1-2H3,(H,21,27)(H,22,28)(H,23,24)(H,25,26)(H,29,30). The number of hydrogen-bond acceptors (Lipinski definition) is 7. The fourth-order valence-corrected chi connectivity index (χ4v) is 2.48. The molecular weight excluding hydrogens is 398 g/mol. The number of carboxylic acids is 2. The lowest BCUT2D eigenvalue weighted by Gasteiger charge is -2.24. The van der Waals surface area contributed by atoms with Gasteiger partial charge in [-0.15, -0.1) is 0 Å². The van der Waals surface area contributed by atoms with E-state index in [4.69, 9.17) is 16.6 Å². The number of nitrogens with two attached hydrogens (primary N) is 2. The molecule has 9 N–H and O–H groups in total. The molecule has 0 aliphatic carbocycles. The van der Waals surface area contributed by atoms with Crippen LogP contribution in [0.1, 0.15) is 46.0 Å². The summed E-state index contributed by atoms with van der Waals surface area (Å²) in [4.78, 5) is 58.3. The molecular formula is C18H33N5O7. The van der Waals surface area contributed by atoms with E-state index in [0.717, 1.165) is 0 Å². The fourth-order valence-electron chi connectivity index (χ4n) is 2.48. The van der Waals surface area contributed by atoms with Crippen LogP contribution in [0.3, 0.4) is 0 Å². The topological polar surface area (TPSA) is 214 Å². The summed E-state index contributed by atoms with van der Waals surface area (Å²) in [6, 6.07) is -3.19. The van der Waals surface area contributed by atoms with Gasteiger partial charge in [0.15, 0.2) is 0 Å². The van der Waals surface area contributed by atoms with Crippen LogP contribution in [0.4, 0.5) is 0 Å². The number of rotatable bonds is 15. The highest BCUT2D eigenvalue weighted by Crippen LogP contribution is 2.06. The van der Waals surface area contributed by atoms with Gasteiger partial charge in [0.25, 0.3) is 0 Å². The Morgan fingerprint density at radius 1 is 0.933 bits per heavy atom. The Morgan fingerprint density at radius 2 is 1.57 bits per heavy atom. The minimum atomic E-state index is -1.18. The second-order valence-electron chi connectivity index (χ2n) is 7.23. The number of amides is 3. The quantitative estimate of drug-likeness (QED) is 0.144. The van der Waals surface area contributed by atoms with Gasteiger partial charge in [0.1, 0.15) is 12.1 Å². The highest BCUT2D eigenvalue weighted by molar-refractivity contribution is 5.92. The molecule has 3 amide bonds. The molecule has 3 unspecified atom stereocenters. The molecule has 12 nitrogen and oxygen atoms in total. The third-order valence-corrected chi connectivity index (χ3v) is 4.26. The third-order valence-electron chi connectivity index (χ3n) is 4.26. The van der Waals surface area contributed by atoms with Crippen LogP contribution < -0.4 is 27.4 Å². The van der Waals surface area contributed by atoms with Crippen molar-refractivity contribution in [1.82, 2.24) is 16.0 Å². The normalized spacial score (nSPS) is 13.8. The Labute approximate surface area is 175 Å². The van der Waals surface area contributed by atoms with Gasteiger partial charge >= 0.3 is 11.9 Å². The molecule has 172 valence electrons. The van der Waals surface area contributed by atoms with Crippen LogP contribution >= 0.6 is 0 Å². The summed E-state index contributed by atoms with van der Waals surface area (Å²) in [5.74, 6) is -4.63. The average Bonchev–Trinajstić information content (AvgIpc) is 2.66. The number of carboxylic acid groups (broad SMARTS) is 2. The van der Waals surface area contributed by atoms with Crippen molar-refractivity contribution >= 4 is 29.7 Å². The Bertz CT molecular complexity index is 612. The minimum absolute atomic E-state index is 0.0828. The van der Waals surface area contributed by atoms with Crippen molar-refractivity contribution in [2.45, 2.75) is 64.1 Å². The van der Waals surface area contributed by atoms with Crippen LogP contribution in [0.2, 0.25) is 0 Å². The smallest absolute Gasteiger partial charge is 0.326 e. The molecule has 0 aromatic carbocycles. The maximum Gasteiger partial charge on any atom is 0.326 e. The predicted octanol–water partition coefficient (Wildman–Crippen LogP) is -1.87. The van der Waals surface area contributed by atoms with Gasteiger partial charge in [0.2, 0.25) is 17.7 Å². The molecule has 3 atom stereocenters. The third kappa shape index (κ3) is 11.3. The molecule has 0 saturated carbocycles. The van der Waals surface area contributed by atoms with Gasteiger partial charge in [-0.2, -0.15) is 0 Å². The van der Waals surface area contributed by atoms with Crippen molar-refractivity contribution in [3.05, 3.63) is 0 Å². The summed E-state index contributed by atoms with van der Waals surface area (Å²) >= 11 is 0. The number of carbonyl (C=O) groups is 5. The molecule has 0 fully saturated rings. The Kier molecular flexibility index (Phi) is 13.0. The first-order valence-corrected chi connectivity index (χ1v) is 9.77. The number of hydrogen-bond donors (Lipinski definition) is 7. The van der Waals surface area contributed by atoms with E-state index in [1.165, 1.54) is 0 Å². The summed E-state index contributed by atoms with van der Waals surface area (Å²) in [6.07, 6.45) is 0.993. The van der Waals surface area contributed by atoms with Crippen molar-refractivity contribution in [2.75, 3.05) is 13.1 Å². The number of carbonyl (C=O) groups excluding carboxylic acids is 3.